The lowest BCUT2D eigenvalue weighted by molar-refractivity contribution is -0.120. The van der Waals surface area contributed by atoms with Gasteiger partial charge in [0.05, 0.1) is 17.6 Å². The molecule has 5 nitrogen and oxygen atoms in total. The summed E-state index contributed by atoms with van der Waals surface area (Å²) < 4.78 is 8.15. The van der Waals surface area contributed by atoms with Gasteiger partial charge in [-0.15, -0.1) is 0 Å². The summed E-state index contributed by atoms with van der Waals surface area (Å²) in [5.74, 6) is 1.92. The largest absolute Gasteiger partial charge is 0.492 e. The van der Waals surface area contributed by atoms with E-state index in [0.717, 1.165) is 22.6 Å². The fourth-order valence-electron chi connectivity index (χ4n) is 3.06. The number of carbonyl (C=O) groups is 1. The molecule has 1 heterocycles. The van der Waals surface area contributed by atoms with Crippen LogP contribution in [0.4, 0.5) is 0 Å². The van der Waals surface area contributed by atoms with Gasteiger partial charge in [-0.3, -0.25) is 4.79 Å². The summed E-state index contributed by atoms with van der Waals surface area (Å²) in [4.78, 5) is 16.2. The van der Waals surface area contributed by atoms with E-state index in [0.29, 0.717) is 32.5 Å². The number of imidazole rings is 1. The predicted octanol–water partition coefficient (Wildman–Crippen LogP) is 3.80. The summed E-state index contributed by atoms with van der Waals surface area (Å²) in [6.45, 7) is 7.92. The molecule has 0 radical (unpaired) electrons. The van der Waals surface area contributed by atoms with Crippen molar-refractivity contribution >= 4 is 16.9 Å². The van der Waals surface area contributed by atoms with Crippen LogP contribution in [0.25, 0.3) is 11.0 Å². The Morgan fingerprint density at radius 3 is 2.74 bits per heavy atom. The van der Waals surface area contributed by atoms with Crippen LogP contribution in [0.2, 0.25) is 0 Å². The molecule has 0 atom stereocenters. The summed E-state index contributed by atoms with van der Waals surface area (Å²) in [5, 5.41) is 2.92. The highest BCUT2D eigenvalue weighted by Crippen LogP contribution is 2.18. The lowest BCUT2D eigenvalue weighted by Crippen LogP contribution is -2.25. The van der Waals surface area contributed by atoms with Crippen LogP contribution in [0, 0.1) is 13.8 Å². The Hall–Kier alpha value is -2.82. The highest BCUT2D eigenvalue weighted by molar-refractivity contribution is 5.76. The molecule has 3 rings (SSSR count). The van der Waals surface area contributed by atoms with E-state index in [2.05, 4.69) is 41.9 Å². The zero-order valence-electron chi connectivity index (χ0n) is 16.3. The molecule has 0 saturated carbocycles. The number of benzene rings is 2. The number of carbonyl (C=O) groups excluding carboxylic acids is 1. The van der Waals surface area contributed by atoms with E-state index in [-0.39, 0.29) is 5.91 Å². The third-order valence-electron chi connectivity index (χ3n) is 4.79. The normalized spacial score (nSPS) is 10.9. The Morgan fingerprint density at radius 1 is 1.15 bits per heavy atom. The molecule has 0 fully saturated rings. The van der Waals surface area contributed by atoms with E-state index in [9.17, 15) is 4.79 Å². The first-order valence-electron chi connectivity index (χ1n) is 9.49. The first-order valence-corrected chi connectivity index (χ1v) is 9.49. The number of nitrogens with one attached hydrogen (secondary N) is 1. The van der Waals surface area contributed by atoms with E-state index in [1.165, 1.54) is 11.1 Å². The van der Waals surface area contributed by atoms with E-state index < -0.39 is 0 Å². The average molecular weight is 365 g/mol. The predicted molar refractivity (Wildman–Crippen MR) is 108 cm³/mol. The fraction of sp³-hybridized carbons (Fsp3) is 0.364. The maximum Gasteiger partial charge on any atom is 0.219 e. The molecule has 0 aliphatic rings. The van der Waals surface area contributed by atoms with Gasteiger partial charge in [-0.1, -0.05) is 25.1 Å². The van der Waals surface area contributed by atoms with Gasteiger partial charge in [-0.2, -0.15) is 0 Å². The van der Waals surface area contributed by atoms with E-state index in [1.54, 1.807) is 0 Å². The summed E-state index contributed by atoms with van der Waals surface area (Å²) in [6, 6.07) is 14.3. The molecule has 1 N–H and O–H groups in total. The monoisotopic (exact) mass is 365 g/mol. The van der Waals surface area contributed by atoms with Gasteiger partial charge in [-0.05, 0) is 49.2 Å². The zero-order valence-corrected chi connectivity index (χ0v) is 16.3. The van der Waals surface area contributed by atoms with Gasteiger partial charge >= 0.3 is 0 Å². The van der Waals surface area contributed by atoms with Crippen LogP contribution < -0.4 is 10.1 Å². The second-order valence-corrected chi connectivity index (χ2v) is 6.72. The van der Waals surface area contributed by atoms with Gasteiger partial charge in [-0.25, -0.2) is 4.98 Å². The van der Waals surface area contributed by atoms with E-state index in [4.69, 9.17) is 9.72 Å². The number of amides is 1. The van der Waals surface area contributed by atoms with Crippen molar-refractivity contribution in [3.8, 4) is 5.75 Å². The summed E-state index contributed by atoms with van der Waals surface area (Å²) in [6.07, 6.45) is 1.20. The van der Waals surface area contributed by atoms with Crippen LogP contribution >= 0.6 is 0 Å². The molecular formula is C22H27N3O2. The minimum absolute atomic E-state index is 0.0655. The van der Waals surface area contributed by atoms with Crippen LogP contribution in [-0.2, 0) is 17.8 Å². The van der Waals surface area contributed by atoms with Crippen LogP contribution in [0.5, 0.6) is 5.75 Å². The number of fused-ring (bicyclic) bond motifs is 1. The molecule has 5 heteroatoms. The van der Waals surface area contributed by atoms with Gasteiger partial charge in [0, 0.05) is 19.4 Å². The molecule has 0 bridgehead atoms. The highest BCUT2D eigenvalue weighted by atomic mass is 16.5. The van der Waals surface area contributed by atoms with Crippen LogP contribution in [0.15, 0.2) is 42.5 Å². The van der Waals surface area contributed by atoms with Crippen LogP contribution in [0.3, 0.4) is 0 Å². The third-order valence-corrected chi connectivity index (χ3v) is 4.79. The summed E-state index contributed by atoms with van der Waals surface area (Å²) in [5.41, 5.74) is 4.56. The van der Waals surface area contributed by atoms with Crippen molar-refractivity contribution in [2.45, 2.75) is 40.2 Å². The van der Waals surface area contributed by atoms with Gasteiger partial charge in [0.1, 0.15) is 18.2 Å². The first-order chi connectivity index (χ1) is 13.1. The number of aromatic nitrogens is 2. The molecular weight excluding hydrogens is 338 g/mol. The lowest BCUT2D eigenvalue weighted by atomic mass is 10.1. The van der Waals surface area contributed by atoms with Crippen molar-refractivity contribution in [2.75, 3.05) is 13.2 Å². The molecule has 0 unspecified atom stereocenters. The van der Waals surface area contributed by atoms with Gasteiger partial charge in [0.25, 0.3) is 0 Å². The van der Waals surface area contributed by atoms with E-state index >= 15 is 0 Å². The van der Waals surface area contributed by atoms with Crippen LogP contribution in [0.1, 0.15) is 30.3 Å². The molecule has 3 aromatic rings. The molecule has 2 aromatic carbocycles. The van der Waals surface area contributed by atoms with Gasteiger partial charge in [0.2, 0.25) is 5.91 Å². The second kappa shape index (κ2) is 8.71. The first kappa shape index (κ1) is 19.0. The minimum Gasteiger partial charge on any atom is -0.492 e. The third kappa shape index (κ3) is 4.67. The highest BCUT2D eigenvalue weighted by Gasteiger charge is 2.11. The minimum atomic E-state index is 0.0655. The Kier molecular flexibility index (Phi) is 6.12. The zero-order chi connectivity index (χ0) is 19.2. The molecule has 0 spiro atoms. The second-order valence-electron chi connectivity index (χ2n) is 6.72. The number of aryl methyl sites for hydroxylation is 2. The number of rotatable bonds is 8. The van der Waals surface area contributed by atoms with E-state index in [1.807, 2.05) is 31.2 Å². The molecule has 0 aliphatic carbocycles. The fourth-order valence-corrected chi connectivity index (χ4v) is 3.06. The van der Waals surface area contributed by atoms with Gasteiger partial charge in [0.15, 0.2) is 0 Å². The maximum atomic E-state index is 11.5. The standard InChI is InChI=1S/C22H27N3O2/c1-4-22(26)23-12-11-21-24-19-7-5-6-8-20(19)25(21)13-14-27-18-10-9-16(2)17(3)15-18/h5-10,15H,4,11-14H2,1-3H3,(H,23,26). The van der Waals surface area contributed by atoms with Crippen molar-refractivity contribution in [2.24, 2.45) is 0 Å². The van der Waals surface area contributed by atoms with Crippen molar-refractivity contribution in [3.05, 3.63) is 59.4 Å². The smallest absolute Gasteiger partial charge is 0.219 e. The molecule has 27 heavy (non-hydrogen) atoms. The Bertz CT molecular complexity index is 930. The Morgan fingerprint density at radius 2 is 1.96 bits per heavy atom. The number of ether oxygens (including phenoxy) is 1. The number of hydrogen-bond acceptors (Lipinski definition) is 3. The average Bonchev–Trinajstić information content (AvgIpc) is 3.02. The van der Waals surface area contributed by atoms with Crippen molar-refractivity contribution < 1.29 is 9.53 Å². The maximum absolute atomic E-state index is 11.5. The molecule has 0 aliphatic heterocycles. The Labute approximate surface area is 160 Å². The number of para-hydroxylation sites is 2. The number of nitrogens with zero attached hydrogens (tertiary/aromatic N) is 2. The summed E-state index contributed by atoms with van der Waals surface area (Å²) >= 11 is 0. The van der Waals surface area contributed by atoms with Crippen molar-refractivity contribution in [1.82, 2.24) is 14.9 Å². The molecule has 142 valence electrons. The summed E-state index contributed by atoms with van der Waals surface area (Å²) in [7, 11) is 0. The van der Waals surface area contributed by atoms with Crippen molar-refractivity contribution in [3.63, 3.8) is 0 Å². The molecule has 1 amide bonds. The topological polar surface area (TPSA) is 56.2 Å². The van der Waals surface area contributed by atoms with Crippen LogP contribution in [-0.4, -0.2) is 28.6 Å². The molecule has 0 saturated heterocycles. The van der Waals surface area contributed by atoms with Crippen molar-refractivity contribution in [1.29, 1.82) is 0 Å². The SMILES string of the molecule is CCC(=O)NCCc1nc2ccccc2n1CCOc1ccc(C)c(C)c1. The van der Waals surface area contributed by atoms with Gasteiger partial charge < -0.3 is 14.6 Å². The number of hydrogen-bond donors (Lipinski definition) is 1. The Balaban J connectivity index is 1.70. The quantitative estimate of drug-likeness (QED) is 0.661. The lowest BCUT2D eigenvalue weighted by Gasteiger charge is -2.12. The molecule has 1 aromatic heterocycles.